The standard InChI is InChI=1S/C15H17N3O/c1-18(11-6-8-12(19)9-7-11)15-13-4-2-3-5-14(13)16-10-17-15/h2-5,10-11H,6-9H2,1H3. The molecule has 0 radical (unpaired) electrons. The normalized spacial score (nSPS) is 16.8. The van der Waals surface area contributed by atoms with Gasteiger partial charge in [-0.3, -0.25) is 4.79 Å². The molecule has 0 atom stereocenters. The fourth-order valence-corrected chi connectivity index (χ4v) is 2.76. The SMILES string of the molecule is CN(c1ncnc2ccccc12)C1CCC(=O)CC1. The molecule has 0 N–H and O–H groups in total. The number of Topliss-reactive ketones (excluding diaryl/α,β-unsaturated/α-hetero) is 1. The Morgan fingerprint density at radius 1 is 1.16 bits per heavy atom. The van der Waals surface area contributed by atoms with Crippen molar-refractivity contribution in [3.05, 3.63) is 30.6 Å². The molecule has 1 saturated carbocycles. The number of carbonyl (C=O) groups excluding carboxylic acids is 1. The molecule has 1 fully saturated rings. The minimum Gasteiger partial charge on any atom is -0.356 e. The van der Waals surface area contributed by atoms with Gasteiger partial charge in [0.2, 0.25) is 0 Å². The van der Waals surface area contributed by atoms with Gasteiger partial charge in [-0.05, 0) is 25.0 Å². The number of hydrogen-bond acceptors (Lipinski definition) is 4. The highest BCUT2D eigenvalue weighted by Crippen LogP contribution is 2.27. The molecule has 0 bridgehead atoms. The second-order valence-electron chi connectivity index (χ2n) is 5.10. The second kappa shape index (κ2) is 4.96. The maximum absolute atomic E-state index is 11.3. The summed E-state index contributed by atoms with van der Waals surface area (Å²) < 4.78 is 0. The van der Waals surface area contributed by atoms with Gasteiger partial charge in [-0.15, -0.1) is 0 Å². The molecule has 0 unspecified atom stereocenters. The van der Waals surface area contributed by atoms with E-state index in [0.717, 1.165) is 29.6 Å². The van der Waals surface area contributed by atoms with E-state index < -0.39 is 0 Å². The van der Waals surface area contributed by atoms with Crippen molar-refractivity contribution in [2.24, 2.45) is 0 Å². The van der Waals surface area contributed by atoms with Crippen LogP contribution in [0.15, 0.2) is 30.6 Å². The summed E-state index contributed by atoms with van der Waals surface area (Å²) in [7, 11) is 2.06. The zero-order valence-corrected chi connectivity index (χ0v) is 11.0. The highest BCUT2D eigenvalue weighted by atomic mass is 16.1. The number of rotatable bonds is 2. The summed E-state index contributed by atoms with van der Waals surface area (Å²) in [4.78, 5) is 22.3. The molecule has 1 aliphatic carbocycles. The van der Waals surface area contributed by atoms with Gasteiger partial charge in [-0.25, -0.2) is 9.97 Å². The van der Waals surface area contributed by atoms with Gasteiger partial charge < -0.3 is 4.90 Å². The van der Waals surface area contributed by atoms with Crippen LogP contribution in [-0.2, 0) is 4.79 Å². The molecule has 1 aromatic heterocycles. The third-order valence-corrected chi connectivity index (χ3v) is 3.92. The average molecular weight is 255 g/mol. The largest absolute Gasteiger partial charge is 0.356 e. The summed E-state index contributed by atoms with van der Waals surface area (Å²) in [5.41, 5.74) is 0.964. The molecule has 0 amide bonds. The zero-order chi connectivity index (χ0) is 13.2. The molecule has 1 heterocycles. The zero-order valence-electron chi connectivity index (χ0n) is 11.0. The van der Waals surface area contributed by atoms with E-state index in [9.17, 15) is 4.79 Å². The van der Waals surface area contributed by atoms with Crippen molar-refractivity contribution in [3.63, 3.8) is 0 Å². The number of anilines is 1. The fourth-order valence-electron chi connectivity index (χ4n) is 2.76. The Bertz CT molecular complexity index is 596. The minimum absolute atomic E-state index is 0.386. The lowest BCUT2D eigenvalue weighted by Gasteiger charge is -2.32. The van der Waals surface area contributed by atoms with E-state index >= 15 is 0 Å². The van der Waals surface area contributed by atoms with Gasteiger partial charge in [0.1, 0.15) is 17.9 Å². The Hall–Kier alpha value is -1.97. The highest BCUT2D eigenvalue weighted by Gasteiger charge is 2.23. The van der Waals surface area contributed by atoms with Crippen molar-refractivity contribution in [3.8, 4) is 0 Å². The number of carbonyl (C=O) groups is 1. The molecule has 1 aliphatic rings. The van der Waals surface area contributed by atoms with Crippen molar-refractivity contribution in [1.29, 1.82) is 0 Å². The van der Waals surface area contributed by atoms with Gasteiger partial charge in [-0.2, -0.15) is 0 Å². The van der Waals surface area contributed by atoms with E-state index in [2.05, 4.69) is 28.0 Å². The van der Waals surface area contributed by atoms with E-state index in [-0.39, 0.29) is 0 Å². The molecule has 98 valence electrons. The van der Waals surface area contributed by atoms with Gasteiger partial charge in [0.05, 0.1) is 5.52 Å². The maximum Gasteiger partial charge on any atom is 0.139 e. The van der Waals surface area contributed by atoms with E-state index in [1.165, 1.54) is 0 Å². The summed E-state index contributed by atoms with van der Waals surface area (Å²) in [6.45, 7) is 0. The summed E-state index contributed by atoms with van der Waals surface area (Å²) in [5, 5.41) is 1.07. The quantitative estimate of drug-likeness (QED) is 0.827. The lowest BCUT2D eigenvalue weighted by molar-refractivity contribution is -0.120. The summed E-state index contributed by atoms with van der Waals surface area (Å²) >= 11 is 0. The first-order valence-corrected chi connectivity index (χ1v) is 6.70. The van der Waals surface area contributed by atoms with Crippen LogP contribution in [-0.4, -0.2) is 28.8 Å². The summed E-state index contributed by atoms with van der Waals surface area (Å²) in [5.74, 6) is 1.35. The van der Waals surface area contributed by atoms with Gasteiger partial charge >= 0.3 is 0 Å². The molecule has 4 nitrogen and oxygen atoms in total. The molecule has 1 aromatic carbocycles. The fraction of sp³-hybridized carbons (Fsp3) is 0.400. The highest BCUT2D eigenvalue weighted by molar-refractivity contribution is 5.89. The topological polar surface area (TPSA) is 46.1 Å². The lowest BCUT2D eigenvalue weighted by atomic mass is 9.93. The molecule has 0 saturated heterocycles. The van der Waals surface area contributed by atoms with Crippen LogP contribution in [0.5, 0.6) is 0 Å². The Morgan fingerprint density at radius 2 is 1.89 bits per heavy atom. The first-order chi connectivity index (χ1) is 9.25. The number of fused-ring (bicyclic) bond motifs is 1. The van der Waals surface area contributed by atoms with Gasteiger partial charge in [0.25, 0.3) is 0 Å². The van der Waals surface area contributed by atoms with Crippen LogP contribution in [0.3, 0.4) is 0 Å². The van der Waals surface area contributed by atoms with E-state index in [0.29, 0.717) is 24.7 Å². The number of ketones is 1. The van der Waals surface area contributed by atoms with Crippen LogP contribution in [0.25, 0.3) is 10.9 Å². The first-order valence-electron chi connectivity index (χ1n) is 6.70. The third-order valence-electron chi connectivity index (χ3n) is 3.92. The number of benzene rings is 1. The van der Waals surface area contributed by atoms with Crippen LogP contribution in [0.4, 0.5) is 5.82 Å². The minimum atomic E-state index is 0.386. The average Bonchev–Trinajstić information content (AvgIpc) is 2.47. The van der Waals surface area contributed by atoms with Crippen molar-refractivity contribution in [1.82, 2.24) is 9.97 Å². The van der Waals surface area contributed by atoms with Crippen molar-refractivity contribution >= 4 is 22.5 Å². The van der Waals surface area contributed by atoms with Crippen LogP contribution < -0.4 is 4.90 Å². The van der Waals surface area contributed by atoms with Crippen LogP contribution in [0.2, 0.25) is 0 Å². The molecule has 4 heteroatoms. The predicted molar refractivity (Wildman–Crippen MR) is 75.2 cm³/mol. The molecule has 0 spiro atoms. The number of para-hydroxylation sites is 1. The van der Waals surface area contributed by atoms with Gasteiger partial charge in [-0.1, -0.05) is 12.1 Å². The molecule has 2 aromatic rings. The maximum atomic E-state index is 11.3. The Labute approximate surface area is 112 Å². The number of aromatic nitrogens is 2. The molecular formula is C15H17N3O. The second-order valence-corrected chi connectivity index (χ2v) is 5.10. The van der Waals surface area contributed by atoms with E-state index in [4.69, 9.17) is 0 Å². The number of hydrogen-bond donors (Lipinski definition) is 0. The molecule has 3 rings (SSSR count). The van der Waals surface area contributed by atoms with Crippen molar-refractivity contribution in [2.75, 3.05) is 11.9 Å². The first kappa shape index (κ1) is 12.1. The predicted octanol–water partition coefficient (Wildman–Crippen LogP) is 2.58. The Balaban J connectivity index is 1.93. The van der Waals surface area contributed by atoms with Crippen molar-refractivity contribution in [2.45, 2.75) is 31.7 Å². The van der Waals surface area contributed by atoms with Gasteiger partial charge in [0.15, 0.2) is 0 Å². The van der Waals surface area contributed by atoms with Crippen LogP contribution >= 0.6 is 0 Å². The van der Waals surface area contributed by atoms with Crippen LogP contribution in [0.1, 0.15) is 25.7 Å². The summed E-state index contributed by atoms with van der Waals surface area (Å²) in [6.07, 6.45) is 4.85. The van der Waals surface area contributed by atoms with Crippen molar-refractivity contribution < 1.29 is 4.79 Å². The van der Waals surface area contributed by atoms with E-state index in [1.54, 1.807) is 6.33 Å². The third kappa shape index (κ3) is 2.30. The number of nitrogens with zero attached hydrogens (tertiary/aromatic N) is 3. The Morgan fingerprint density at radius 3 is 2.68 bits per heavy atom. The molecule has 19 heavy (non-hydrogen) atoms. The monoisotopic (exact) mass is 255 g/mol. The summed E-state index contributed by atoms with van der Waals surface area (Å²) in [6, 6.07) is 8.44. The van der Waals surface area contributed by atoms with E-state index in [1.807, 2.05) is 18.2 Å². The molecular weight excluding hydrogens is 238 g/mol. The van der Waals surface area contributed by atoms with Gasteiger partial charge in [0, 0.05) is 31.3 Å². The Kier molecular flexibility index (Phi) is 3.15. The molecule has 0 aliphatic heterocycles. The lowest BCUT2D eigenvalue weighted by Crippen LogP contribution is -2.35. The van der Waals surface area contributed by atoms with Crippen LogP contribution in [0, 0.1) is 0 Å². The smallest absolute Gasteiger partial charge is 0.139 e.